The second-order valence-corrected chi connectivity index (χ2v) is 3.41. The van der Waals surface area contributed by atoms with Crippen LogP contribution in [0.25, 0.3) is 0 Å². The van der Waals surface area contributed by atoms with Crippen LogP contribution in [-0.4, -0.2) is 18.0 Å². The maximum Gasteiger partial charge on any atom is 0.199 e. The van der Waals surface area contributed by atoms with E-state index in [1.165, 1.54) is 0 Å². The molecule has 1 aliphatic rings. The molecule has 1 atom stereocenters. The molecule has 1 fully saturated rings. The summed E-state index contributed by atoms with van der Waals surface area (Å²) in [6.45, 7) is 0.781. The largest absolute Gasteiger partial charge is 0.508 e. The molecule has 0 bridgehead atoms. The summed E-state index contributed by atoms with van der Waals surface area (Å²) in [4.78, 5) is 0. The predicted molar refractivity (Wildman–Crippen MR) is 52.3 cm³/mol. The maximum atomic E-state index is 9.08. The van der Waals surface area contributed by atoms with Crippen molar-refractivity contribution in [1.82, 2.24) is 0 Å². The van der Waals surface area contributed by atoms with Crippen molar-refractivity contribution < 1.29 is 14.6 Å². The number of phenols is 1. The average molecular weight is 194 g/mol. The topological polar surface area (TPSA) is 38.7 Å². The summed E-state index contributed by atoms with van der Waals surface area (Å²) in [5.74, 6) is 0.997. The Kier molecular flexibility index (Phi) is 2.89. The Morgan fingerprint density at radius 3 is 2.64 bits per heavy atom. The number of phenolic OH excluding ortho intramolecular Hbond substituents is 1. The number of hydrogen-bond acceptors (Lipinski definition) is 3. The van der Waals surface area contributed by atoms with Crippen molar-refractivity contribution in [3.63, 3.8) is 0 Å². The first kappa shape index (κ1) is 9.34. The molecule has 0 aliphatic carbocycles. The minimum absolute atomic E-state index is 0.117. The van der Waals surface area contributed by atoms with Crippen LogP contribution in [0.3, 0.4) is 0 Å². The van der Waals surface area contributed by atoms with Crippen molar-refractivity contribution in [2.24, 2.45) is 0 Å². The van der Waals surface area contributed by atoms with Crippen LogP contribution < -0.4 is 4.74 Å². The highest BCUT2D eigenvalue weighted by molar-refractivity contribution is 5.30. The molecule has 1 heterocycles. The lowest BCUT2D eigenvalue weighted by Crippen LogP contribution is -2.24. The highest BCUT2D eigenvalue weighted by atomic mass is 16.7. The van der Waals surface area contributed by atoms with Gasteiger partial charge in [0.05, 0.1) is 6.61 Å². The van der Waals surface area contributed by atoms with Crippen molar-refractivity contribution in [3.8, 4) is 11.5 Å². The van der Waals surface area contributed by atoms with Gasteiger partial charge >= 0.3 is 0 Å². The fraction of sp³-hybridized carbons (Fsp3) is 0.455. The Labute approximate surface area is 83.3 Å². The molecule has 0 aromatic heterocycles. The molecular weight excluding hydrogens is 180 g/mol. The van der Waals surface area contributed by atoms with Gasteiger partial charge in [0, 0.05) is 6.42 Å². The van der Waals surface area contributed by atoms with Gasteiger partial charge in [-0.05, 0) is 37.1 Å². The molecule has 14 heavy (non-hydrogen) atoms. The van der Waals surface area contributed by atoms with Crippen LogP contribution in [0.4, 0.5) is 0 Å². The third kappa shape index (κ3) is 2.39. The summed E-state index contributed by atoms with van der Waals surface area (Å²) in [5, 5.41) is 9.08. The first-order valence-electron chi connectivity index (χ1n) is 4.92. The predicted octanol–water partition coefficient (Wildman–Crippen LogP) is 2.30. The highest BCUT2D eigenvalue weighted by Crippen LogP contribution is 2.21. The maximum absolute atomic E-state index is 9.08. The Balaban J connectivity index is 1.92. The van der Waals surface area contributed by atoms with E-state index in [0.29, 0.717) is 0 Å². The first-order valence-corrected chi connectivity index (χ1v) is 4.92. The number of ether oxygens (including phenoxy) is 2. The Hall–Kier alpha value is -1.22. The lowest BCUT2D eigenvalue weighted by molar-refractivity contribution is -0.105. The van der Waals surface area contributed by atoms with Crippen molar-refractivity contribution >= 4 is 0 Å². The molecule has 0 radical (unpaired) electrons. The molecule has 0 spiro atoms. The van der Waals surface area contributed by atoms with Gasteiger partial charge in [-0.15, -0.1) is 0 Å². The van der Waals surface area contributed by atoms with E-state index in [2.05, 4.69) is 0 Å². The van der Waals surface area contributed by atoms with Gasteiger partial charge < -0.3 is 14.6 Å². The average Bonchev–Trinajstić information content (AvgIpc) is 2.23. The lowest BCUT2D eigenvalue weighted by Gasteiger charge is -2.23. The van der Waals surface area contributed by atoms with Gasteiger partial charge in [-0.3, -0.25) is 0 Å². The zero-order chi connectivity index (χ0) is 9.80. The molecule has 3 heteroatoms. The van der Waals surface area contributed by atoms with Gasteiger partial charge in [0.15, 0.2) is 6.29 Å². The summed E-state index contributed by atoms with van der Waals surface area (Å²) in [6, 6.07) is 6.71. The summed E-state index contributed by atoms with van der Waals surface area (Å²) in [5.41, 5.74) is 0. The van der Waals surface area contributed by atoms with Crippen LogP contribution in [-0.2, 0) is 4.74 Å². The molecule has 0 saturated carbocycles. The van der Waals surface area contributed by atoms with E-state index < -0.39 is 0 Å². The Morgan fingerprint density at radius 2 is 2.00 bits per heavy atom. The van der Waals surface area contributed by atoms with Gasteiger partial charge in [0.1, 0.15) is 11.5 Å². The monoisotopic (exact) mass is 194 g/mol. The van der Waals surface area contributed by atoms with E-state index in [1.807, 2.05) is 0 Å². The molecule has 1 aromatic carbocycles. The van der Waals surface area contributed by atoms with Gasteiger partial charge in [-0.2, -0.15) is 0 Å². The highest BCUT2D eigenvalue weighted by Gasteiger charge is 2.14. The van der Waals surface area contributed by atoms with Crippen LogP contribution in [0.1, 0.15) is 19.3 Å². The minimum atomic E-state index is -0.117. The molecule has 1 N–H and O–H groups in total. The van der Waals surface area contributed by atoms with Gasteiger partial charge in [-0.25, -0.2) is 0 Å². The fourth-order valence-electron chi connectivity index (χ4n) is 1.48. The number of benzene rings is 1. The summed E-state index contributed by atoms with van der Waals surface area (Å²) in [7, 11) is 0. The molecule has 1 aliphatic heterocycles. The standard InChI is InChI=1S/C11H14O3/c12-9-4-6-10(7-5-9)14-11-3-1-2-8-13-11/h4-7,11-12H,1-3,8H2. The van der Waals surface area contributed by atoms with Gasteiger partial charge in [0.25, 0.3) is 0 Å². The molecule has 1 saturated heterocycles. The molecule has 76 valence electrons. The van der Waals surface area contributed by atoms with Gasteiger partial charge in [-0.1, -0.05) is 0 Å². The second-order valence-electron chi connectivity index (χ2n) is 3.41. The van der Waals surface area contributed by atoms with E-state index >= 15 is 0 Å². The van der Waals surface area contributed by atoms with Gasteiger partial charge in [0.2, 0.25) is 0 Å². The first-order chi connectivity index (χ1) is 6.84. The van der Waals surface area contributed by atoms with E-state index in [1.54, 1.807) is 24.3 Å². The van der Waals surface area contributed by atoms with Crippen molar-refractivity contribution in [1.29, 1.82) is 0 Å². The zero-order valence-electron chi connectivity index (χ0n) is 7.98. The molecule has 1 aromatic rings. The van der Waals surface area contributed by atoms with E-state index in [0.717, 1.165) is 31.6 Å². The zero-order valence-corrected chi connectivity index (χ0v) is 7.98. The molecular formula is C11H14O3. The molecule has 0 amide bonds. The summed E-state index contributed by atoms with van der Waals surface area (Å²) >= 11 is 0. The van der Waals surface area contributed by atoms with E-state index in [9.17, 15) is 0 Å². The Bertz CT molecular complexity index is 275. The van der Waals surface area contributed by atoms with Crippen molar-refractivity contribution in [3.05, 3.63) is 24.3 Å². The smallest absolute Gasteiger partial charge is 0.199 e. The minimum Gasteiger partial charge on any atom is -0.508 e. The molecule has 1 unspecified atom stereocenters. The van der Waals surface area contributed by atoms with Crippen LogP contribution in [0.5, 0.6) is 11.5 Å². The third-order valence-electron chi connectivity index (χ3n) is 2.24. The molecule has 3 nitrogen and oxygen atoms in total. The van der Waals surface area contributed by atoms with Crippen LogP contribution in [0, 0.1) is 0 Å². The van der Waals surface area contributed by atoms with Crippen molar-refractivity contribution in [2.45, 2.75) is 25.6 Å². The van der Waals surface area contributed by atoms with Crippen molar-refractivity contribution in [2.75, 3.05) is 6.61 Å². The number of rotatable bonds is 2. The van der Waals surface area contributed by atoms with Crippen LogP contribution in [0.15, 0.2) is 24.3 Å². The normalized spacial score (nSPS) is 21.9. The Morgan fingerprint density at radius 1 is 1.21 bits per heavy atom. The third-order valence-corrected chi connectivity index (χ3v) is 2.24. The summed E-state index contributed by atoms with van der Waals surface area (Å²) < 4.78 is 11.0. The SMILES string of the molecule is Oc1ccc(OC2CCCCO2)cc1. The van der Waals surface area contributed by atoms with Crippen LogP contribution >= 0.6 is 0 Å². The number of hydrogen-bond donors (Lipinski definition) is 1. The fourth-order valence-corrected chi connectivity index (χ4v) is 1.48. The molecule has 2 rings (SSSR count). The van der Waals surface area contributed by atoms with E-state index in [4.69, 9.17) is 14.6 Å². The summed E-state index contributed by atoms with van der Waals surface area (Å²) in [6.07, 6.45) is 3.10. The van der Waals surface area contributed by atoms with E-state index in [-0.39, 0.29) is 12.0 Å². The second kappa shape index (κ2) is 4.33. The lowest BCUT2D eigenvalue weighted by atomic mass is 10.2. The van der Waals surface area contributed by atoms with Crippen LogP contribution in [0.2, 0.25) is 0 Å². The number of aromatic hydroxyl groups is 1. The quantitative estimate of drug-likeness (QED) is 0.785.